The molecule has 1 atom stereocenters. The topological polar surface area (TPSA) is 75.6 Å². The molecule has 5 nitrogen and oxygen atoms in total. The van der Waals surface area contributed by atoms with Crippen LogP contribution in [0.15, 0.2) is 29.7 Å². The second-order valence-electron chi connectivity index (χ2n) is 4.16. The minimum Gasteiger partial charge on any atom is -0.480 e. The van der Waals surface area contributed by atoms with Gasteiger partial charge < -0.3 is 15.2 Å². The number of hydrogen-bond acceptors (Lipinski definition) is 4. The van der Waals surface area contributed by atoms with Gasteiger partial charge in [0, 0.05) is 4.90 Å². The fraction of sp³-hybridized carbons (Fsp3) is 0.286. The van der Waals surface area contributed by atoms with Gasteiger partial charge in [-0.05, 0) is 18.4 Å². The average molecular weight is 364 g/mol. The summed E-state index contributed by atoms with van der Waals surface area (Å²) in [5.41, 5.74) is 0.158. The molecule has 0 spiro atoms. The molecule has 0 aliphatic carbocycles. The lowest BCUT2D eigenvalue weighted by Gasteiger charge is -2.15. The number of carbonyl (C=O) groups excluding carboxylic acids is 1. The molecule has 0 aromatic heterocycles. The molecule has 0 saturated heterocycles. The summed E-state index contributed by atoms with van der Waals surface area (Å²) in [7, 11) is 0. The van der Waals surface area contributed by atoms with Gasteiger partial charge in [-0.2, -0.15) is 0 Å². The molecule has 8 heteroatoms. The van der Waals surface area contributed by atoms with Crippen LogP contribution in [0.1, 0.15) is 10.4 Å². The average Bonchev–Trinajstić information content (AvgIpc) is 2.46. The van der Waals surface area contributed by atoms with Gasteiger partial charge in [0.1, 0.15) is 0 Å². The van der Waals surface area contributed by atoms with Crippen molar-refractivity contribution in [2.45, 2.75) is 10.9 Å². The maximum Gasteiger partial charge on any atom is 0.328 e. The van der Waals surface area contributed by atoms with Crippen molar-refractivity contribution in [3.63, 3.8) is 0 Å². The molecular weight excluding hydrogens is 349 g/mol. The van der Waals surface area contributed by atoms with E-state index in [1.807, 2.05) is 0 Å². The minimum atomic E-state index is -1.20. The van der Waals surface area contributed by atoms with Crippen molar-refractivity contribution < 1.29 is 19.4 Å². The van der Waals surface area contributed by atoms with E-state index in [1.165, 1.54) is 30.0 Å². The van der Waals surface area contributed by atoms with Gasteiger partial charge in [0.15, 0.2) is 6.04 Å². The summed E-state index contributed by atoms with van der Waals surface area (Å²) < 4.78 is 5.07. The van der Waals surface area contributed by atoms with Gasteiger partial charge in [-0.25, -0.2) is 4.79 Å². The number of nitrogens with one attached hydrogen (secondary N) is 1. The molecule has 0 aliphatic rings. The van der Waals surface area contributed by atoms with Crippen LogP contribution >= 0.6 is 35.0 Å². The fourth-order valence-electron chi connectivity index (χ4n) is 1.54. The summed E-state index contributed by atoms with van der Waals surface area (Å²) in [6.45, 7) is 3.48. The van der Waals surface area contributed by atoms with Gasteiger partial charge in [0.2, 0.25) is 0 Å². The zero-order valence-electron chi connectivity index (χ0n) is 11.8. The molecular formula is C14H15Cl2NO4S. The van der Waals surface area contributed by atoms with Crippen LogP contribution < -0.4 is 5.32 Å². The summed E-state index contributed by atoms with van der Waals surface area (Å²) in [4.78, 5) is 24.0. The zero-order valence-corrected chi connectivity index (χ0v) is 14.1. The summed E-state index contributed by atoms with van der Waals surface area (Å²) in [5, 5.41) is 12.1. The van der Waals surface area contributed by atoms with Crippen LogP contribution in [0.25, 0.3) is 0 Å². The highest BCUT2D eigenvalue weighted by Crippen LogP contribution is 2.31. The third-order valence-corrected chi connectivity index (χ3v) is 4.12. The van der Waals surface area contributed by atoms with Gasteiger partial charge in [-0.1, -0.05) is 29.3 Å². The normalized spacial score (nSPS) is 11.8. The highest BCUT2D eigenvalue weighted by molar-refractivity contribution is 7.98. The Morgan fingerprint density at radius 3 is 2.68 bits per heavy atom. The molecule has 2 N–H and O–H groups in total. The number of hydrogen-bond donors (Lipinski definition) is 2. The Labute approximate surface area is 142 Å². The minimum absolute atomic E-state index is 0.149. The number of carboxylic acid groups (broad SMARTS) is 1. The van der Waals surface area contributed by atoms with Crippen molar-refractivity contribution in [1.82, 2.24) is 5.32 Å². The standard InChI is InChI=1S/C14H15Cl2NO4S/c1-3-4-21-7-11(14(19)20)17-13(18)8-5-12(22-2)10(16)6-9(8)15/h3,5-6,11H,1,4,7H2,2H3,(H,17,18)(H,19,20). The Bertz CT molecular complexity index is 580. The molecule has 1 rings (SSSR count). The molecule has 120 valence electrons. The molecule has 1 aromatic rings. The van der Waals surface area contributed by atoms with Crippen LogP contribution in [0.2, 0.25) is 10.0 Å². The van der Waals surface area contributed by atoms with E-state index < -0.39 is 17.9 Å². The first-order valence-corrected chi connectivity index (χ1v) is 8.14. The zero-order chi connectivity index (χ0) is 16.7. The maximum absolute atomic E-state index is 12.2. The SMILES string of the molecule is C=CCOCC(NC(=O)c1cc(SC)c(Cl)cc1Cl)C(=O)O. The van der Waals surface area contributed by atoms with E-state index in [0.29, 0.717) is 9.92 Å². The van der Waals surface area contributed by atoms with E-state index in [1.54, 1.807) is 6.26 Å². The Morgan fingerprint density at radius 1 is 1.45 bits per heavy atom. The highest BCUT2D eigenvalue weighted by atomic mass is 35.5. The van der Waals surface area contributed by atoms with Crippen LogP contribution in [-0.2, 0) is 9.53 Å². The van der Waals surface area contributed by atoms with Crippen molar-refractivity contribution in [1.29, 1.82) is 0 Å². The Kier molecular flexibility index (Phi) is 7.75. The maximum atomic E-state index is 12.2. The molecule has 1 aromatic carbocycles. The van der Waals surface area contributed by atoms with E-state index in [-0.39, 0.29) is 23.8 Å². The number of carbonyl (C=O) groups is 2. The van der Waals surface area contributed by atoms with Crippen molar-refractivity contribution in [3.8, 4) is 0 Å². The van der Waals surface area contributed by atoms with Gasteiger partial charge in [0.25, 0.3) is 5.91 Å². The number of halogens is 2. The Hall–Kier alpha value is -1.21. The van der Waals surface area contributed by atoms with E-state index in [9.17, 15) is 9.59 Å². The van der Waals surface area contributed by atoms with Crippen molar-refractivity contribution in [3.05, 3.63) is 40.4 Å². The first-order chi connectivity index (χ1) is 10.4. The number of carboxylic acids is 1. The van der Waals surface area contributed by atoms with Gasteiger partial charge in [-0.3, -0.25) is 4.79 Å². The summed E-state index contributed by atoms with van der Waals surface area (Å²) >= 11 is 13.3. The first-order valence-electron chi connectivity index (χ1n) is 6.16. The number of benzene rings is 1. The lowest BCUT2D eigenvalue weighted by molar-refractivity contribution is -0.140. The molecule has 0 saturated carbocycles. The van der Waals surface area contributed by atoms with Crippen molar-refractivity contribution in [2.24, 2.45) is 0 Å². The number of rotatable bonds is 8. The van der Waals surface area contributed by atoms with Gasteiger partial charge >= 0.3 is 5.97 Å². The predicted octanol–water partition coefficient (Wildman–Crippen LogP) is 3.10. The highest BCUT2D eigenvalue weighted by Gasteiger charge is 2.22. The molecule has 22 heavy (non-hydrogen) atoms. The van der Waals surface area contributed by atoms with Gasteiger partial charge in [0.05, 0.1) is 28.8 Å². The molecule has 0 aliphatic heterocycles. The van der Waals surface area contributed by atoms with Crippen LogP contribution in [0, 0.1) is 0 Å². The van der Waals surface area contributed by atoms with E-state index in [4.69, 9.17) is 33.0 Å². The van der Waals surface area contributed by atoms with E-state index in [2.05, 4.69) is 11.9 Å². The second kappa shape index (κ2) is 9.05. The molecule has 1 amide bonds. The van der Waals surface area contributed by atoms with Crippen molar-refractivity contribution >= 4 is 46.8 Å². The molecule has 1 unspecified atom stereocenters. The third-order valence-electron chi connectivity index (χ3n) is 2.61. The van der Waals surface area contributed by atoms with Crippen LogP contribution in [0.3, 0.4) is 0 Å². The van der Waals surface area contributed by atoms with Crippen LogP contribution in [0.4, 0.5) is 0 Å². The number of ether oxygens (including phenoxy) is 1. The lowest BCUT2D eigenvalue weighted by atomic mass is 10.2. The number of amides is 1. The third kappa shape index (κ3) is 5.21. The van der Waals surface area contributed by atoms with Crippen LogP contribution in [-0.4, -0.2) is 42.5 Å². The summed E-state index contributed by atoms with van der Waals surface area (Å²) in [5.74, 6) is -1.81. The molecule has 0 heterocycles. The molecule has 0 radical (unpaired) electrons. The first kappa shape index (κ1) is 18.8. The Balaban J connectivity index is 2.90. The molecule has 0 bridgehead atoms. The molecule has 0 fully saturated rings. The largest absolute Gasteiger partial charge is 0.480 e. The van der Waals surface area contributed by atoms with Crippen LogP contribution in [0.5, 0.6) is 0 Å². The van der Waals surface area contributed by atoms with E-state index >= 15 is 0 Å². The van der Waals surface area contributed by atoms with Gasteiger partial charge in [-0.15, -0.1) is 18.3 Å². The van der Waals surface area contributed by atoms with E-state index in [0.717, 1.165) is 0 Å². The summed E-state index contributed by atoms with van der Waals surface area (Å²) in [6.07, 6.45) is 3.29. The second-order valence-corrected chi connectivity index (χ2v) is 5.82. The monoisotopic (exact) mass is 363 g/mol. The quantitative estimate of drug-likeness (QED) is 0.421. The Morgan fingerprint density at radius 2 is 2.14 bits per heavy atom. The fourth-order valence-corrected chi connectivity index (χ4v) is 2.73. The number of aliphatic carboxylic acids is 1. The smallest absolute Gasteiger partial charge is 0.328 e. The number of thioether (sulfide) groups is 1. The lowest BCUT2D eigenvalue weighted by Crippen LogP contribution is -2.44. The predicted molar refractivity (Wildman–Crippen MR) is 88.1 cm³/mol. The van der Waals surface area contributed by atoms with Crippen molar-refractivity contribution in [2.75, 3.05) is 19.5 Å². The summed E-state index contributed by atoms with van der Waals surface area (Å²) in [6, 6.07) is 1.79.